The summed E-state index contributed by atoms with van der Waals surface area (Å²) in [6.45, 7) is 13.9. The van der Waals surface area contributed by atoms with Crippen LogP contribution < -0.4 is 0 Å². The Balaban J connectivity index is 1.40. The van der Waals surface area contributed by atoms with Gasteiger partial charge in [0.25, 0.3) is 0 Å². The predicted molar refractivity (Wildman–Crippen MR) is 128 cm³/mol. The van der Waals surface area contributed by atoms with Crippen LogP contribution in [0.1, 0.15) is 105 Å². The Bertz CT molecular complexity index is 709. The fraction of sp³-hybridized carbons (Fsp3) is 0.966. The highest BCUT2D eigenvalue weighted by molar-refractivity contribution is 5.80. The summed E-state index contributed by atoms with van der Waals surface area (Å²) in [5.41, 5.74) is 0.676. The molecule has 0 aromatic heterocycles. The number of Topliss-reactive ketones (excluding diaryl/α,β-unsaturated/α-hetero) is 1. The molecule has 0 radical (unpaired) electrons. The first-order valence-corrected chi connectivity index (χ1v) is 14.0. The molecule has 4 saturated carbocycles. The number of rotatable bonds is 5. The van der Waals surface area contributed by atoms with E-state index in [0.717, 1.165) is 48.9 Å². The molecular weight excluding hydrogens is 396 g/mol. The third-order valence-corrected chi connectivity index (χ3v) is 11.5. The normalized spacial score (nSPS) is 46.2. The third kappa shape index (κ3) is 3.55. The zero-order chi connectivity index (χ0) is 22.7. The molecule has 5 rings (SSSR count). The van der Waals surface area contributed by atoms with E-state index in [2.05, 4.69) is 34.6 Å². The van der Waals surface area contributed by atoms with E-state index in [4.69, 9.17) is 9.47 Å². The molecule has 0 unspecified atom stereocenters. The number of ether oxygens (including phenoxy) is 2. The maximum atomic E-state index is 12.5. The molecule has 3 nitrogen and oxygen atoms in total. The van der Waals surface area contributed by atoms with Crippen LogP contribution in [-0.4, -0.2) is 24.8 Å². The molecule has 4 aliphatic carbocycles. The molecule has 1 spiro atoms. The average molecular weight is 445 g/mol. The summed E-state index contributed by atoms with van der Waals surface area (Å²) in [7, 11) is 0. The van der Waals surface area contributed by atoms with Gasteiger partial charge in [-0.25, -0.2) is 0 Å². The van der Waals surface area contributed by atoms with Crippen LogP contribution in [0.5, 0.6) is 0 Å². The molecule has 5 fully saturated rings. The monoisotopic (exact) mass is 444 g/mol. The highest BCUT2D eigenvalue weighted by Gasteiger charge is 2.67. The van der Waals surface area contributed by atoms with E-state index < -0.39 is 5.79 Å². The second-order valence-electron chi connectivity index (χ2n) is 13.4. The van der Waals surface area contributed by atoms with Crippen molar-refractivity contribution < 1.29 is 14.3 Å². The van der Waals surface area contributed by atoms with Crippen molar-refractivity contribution in [3.8, 4) is 0 Å². The van der Waals surface area contributed by atoms with Gasteiger partial charge >= 0.3 is 0 Å². The lowest BCUT2D eigenvalue weighted by Gasteiger charge is -2.64. The van der Waals surface area contributed by atoms with Crippen molar-refractivity contribution in [1.82, 2.24) is 0 Å². The second-order valence-corrected chi connectivity index (χ2v) is 13.4. The Morgan fingerprint density at radius 3 is 2.38 bits per heavy atom. The summed E-state index contributed by atoms with van der Waals surface area (Å²) in [6, 6.07) is 0. The van der Waals surface area contributed by atoms with Crippen molar-refractivity contribution in [3.05, 3.63) is 0 Å². The molecule has 0 aromatic rings. The summed E-state index contributed by atoms with van der Waals surface area (Å²) < 4.78 is 12.9. The summed E-state index contributed by atoms with van der Waals surface area (Å²) in [5, 5.41) is 0. The highest BCUT2D eigenvalue weighted by atomic mass is 16.7. The van der Waals surface area contributed by atoms with Gasteiger partial charge in [0.15, 0.2) is 5.79 Å². The van der Waals surface area contributed by atoms with Crippen LogP contribution in [0, 0.1) is 52.3 Å². The minimum atomic E-state index is -0.481. The van der Waals surface area contributed by atoms with Crippen molar-refractivity contribution >= 4 is 5.78 Å². The van der Waals surface area contributed by atoms with Gasteiger partial charge in [-0.1, -0.05) is 53.9 Å². The van der Waals surface area contributed by atoms with Crippen molar-refractivity contribution in [1.29, 1.82) is 0 Å². The van der Waals surface area contributed by atoms with Crippen LogP contribution >= 0.6 is 0 Å². The smallest absolute Gasteiger partial charge is 0.172 e. The molecule has 8 atom stereocenters. The van der Waals surface area contributed by atoms with Crippen LogP contribution in [0.2, 0.25) is 0 Å². The Labute approximate surface area is 196 Å². The lowest BCUT2D eigenvalue weighted by atomic mass is 9.43. The van der Waals surface area contributed by atoms with Crippen LogP contribution in [-0.2, 0) is 14.3 Å². The van der Waals surface area contributed by atoms with Gasteiger partial charge < -0.3 is 9.47 Å². The zero-order valence-electron chi connectivity index (χ0n) is 21.5. The molecule has 182 valence electrons. The Morgan fingerprint density at radius 1 is 0.938 bits per heavy atom. The molecule has 5 aliphatic rings. The molecule has 1 aliphatic heterocycles. The van der Waals surface area contributed by atoms with Crippen molar-refractivity contribution in [2.45, 2.75) is 111 Å². The van der Waals surface area contributed by atoms with Crippen LogP contribution in [0.3, 0.4) is 0 Å². The minimum absolute atomic E-state index is 0.198. The lowest BCUT2D eigenvalue weighted by molar-refractivity contribution is -0.289. The fourth-order valence-electron chi connectivity index (χ4n) is 9.92. The summed E-state index contributed by atoms with van der Waals surface area (Å²) in [6.07, 6.45) is 13.3. The maximum Gasteiger partial charge on any atom is 0.172 e. The van der Waals surface area contributed by atoms with Gasteiger partial charge in [0.05, 0.1) is 13.2 Å². The van der Waals surface area contributed by atoms with Crippen LogP contribution in [0.4, 0.5) is 0 Å². The topological polar surface area (TPSA) is 35.5 Å². The second kappa shape index (κ2) is 8.36. The quantitative estimate of drug-likeness (QED) is 0.456. The molecular formula is C29H48O3. The van der Waals surface area contributed by atoms with Gasteiger partial charge in [-0.3, -0.25) is 4.79 Å². The van der Waals surface area contributed by atoms with Gasteiger partial charge in [0.2, 0.25) is 0 Å². The maximum absolute atomic E-state index is 12.5. The summed E-state index contributed by atoms with van der Waals surface area (Å²) in [4.78, 5) is 12.5. The number of ketones is 1. The third-order valence-electron chi connectivity index (χ3n) is 11.5. The van der Waals surface area contributed by atoms with Crippen LogP contribution in [0.25, 0.3) is 0 Å². The molecule has 1 heterocycles. The molecule has 3 heteroatoms. The predicted octanol–water partition coefficient (Wildman–Crippen LogP) is 7.03. The van der Waals surface area contributed by atoms with Crippen molar-refractivity contribution in [2.24, 2.45) is 52.3 Å². The Kier molecular flexibility index (Phi) is 6.10. The van der Waals surface area contributed by atoms with Gasteiger partial charge in [0, 0.05) is 25.2 Å². The molecule has 0 bridgehead atoms. The van der Waals surface area contributed by atoms with E-state index in [1.165, 1.54) is 44.9 Å². The van der Waals surface area contributed by atoms with Crippen LogP contribution in [0.15, 0.2) is 0 Å². The summed E-state index contributed by atoms with van der Waals surface area (Å²) >= 11 is 0. The molecule has 0 N–H and O–H groups in total. The Hall–Kier alpha value is -0.410. The number of carbonyl (C=O) groups excluding carboxylic acids is 1. The first-order chi connectivity index (χ1) is 15.2. The van der Waals surface area contributed by atoms with E-state index in [0.29, 0.717) is 36.8 Å². The first kappa shape index (κ1) is 23.3. The van der Waals surface area contributed by atoms with Gasteiger partial charge in [0.1, 0.15) is 5.78 Å². The number of fused-ring (bicyclic) bond motifs is 6. The van der Waals surface area contributed by atoms with E-state index in [-0.39, 0.29) is 11.3 Å². The highest BCUT2D eigenvalue weighted by Crippen LogP contribution is 2.70. The molecule has 0 amide bonds. The average Bonchev–Trinajstić information content (AvgIpc) is 3.34. The van der Waals surface area contributed by atoms with E-state index in [9.17, 15) is 4.79 Å². The largest absolute Gasteiger partial charge is 0.347 e. The lowest BCUT2D eigenvalue weighted by Crippen LogP contribution is -2.63. The van der Waals surface area contributed by atoms with E-state index >= 15 is 0 Å². The number of hydrogen-bond acceptors (Lipinski definition) is 3. The van der Waals surface area contributed by atoms with E-state index in [1.807, 2.05) is 0 Å². The fourth-order valence-corrected chi connectivity index (χ4v) is 9.92. The number of carbonyl (C=O) groups is 1. The van der Waals surface area contributed by atoms with Gasteiger partial charge in [-0.05, 0) is 78.4 Å². The van der Waals surface area contributed by atoms with Gasteiger partial charge in [-0.15, -0.1) is 0 Å². The minimum Gasteiger partial charge on any atom is -0.347 e. The van der Waals surface area contributed by atoms with Crippen molar-refractivity contribution in [3.63, 3.8) is 0 Å². The first-order valence-electron chi connectivity index (χ1n) is 14.0. The van der Waals surface area contributed by atoms with Crippen molar-refractivity contribution in [2.75, 3.05) is 13.2 Å². The molecule has 0 aromatic carbocycles. The summed E-state index contributed by atoms with van der Waals surface area (Å²) in [5.74, 6) is 5.00. The number of hydrogen-bond donors (Lipinski definition) is 0. The molecule has 32 heavy (non-hydrogen) atoms. The Morgan fingerprint density at radius 2 is 1.66 bits per heavy atom. The van der Waals surface area contributed by atoms with E-state index in [1.54, 1.807) is 0 Å². The SMILES string of the molecule is CC(C)CCC[C@H](C)[C@@H]1CC[C@@H]2[C@H]3CC4(OCCO4)[C@H]4CC(=O)CC[C@]4(C)[C@@H]3CC[C@]21C. The van der Waals surface area contributed by atoms with Gasteiger partial charge in [-0.2, -0.15) is 0 Å². The molecule has 1 saturated heterocycles. The standard InChI is InChI=1S/C29H48O3/c1-19(2)7-6-8-20(3)23-9-10-24-22-18-29(31-15-16-32-29)26-17-21(30)11-13-28(26,5)25(22)12-14-27(23,24)4/h19-20,22-26H,6-18H2,1-5H3/t20-,22+,23-,24+,25+,26-,27-,28+/m0/s1. The zero-order valence-corrected chi connectivity index (χ0v) is 21.5.